The minimum atomic E-state index is -1.46. The summed E-state index contributed by atoms with van der Waals surface area (Å²) in [7, 11) is 0. The molecule has 1 fully saturated rings. The second-order valence-electron chi connectivity index (χ2n) is 7.65. The second kappa shape index (κ2) is 4.99. The SMILES string of the molecule is CC1(F)C=CC2(C)CN(c3ccccc3N)CN3CCC(N)C1=C32. The van der Waals surface area contributed by atoms with E-state index in [0.717, 1.165) is 48.8 Å². The lowest BCUT2D eigenvalue weighted by atomic mass is 9.69. The maximum Gasteiger partial charge on any atom is 0.150 e. The van der Waals surface area contributed by atoms with Gasteiger partial charge in [-0.05, 0) is 38.5 Å². The molecule has 0 spiro atoms. The molecule has 2 heterocycles. The zero-order valence-corrected chi connectivity index (χ0v) is 14.3. The van der Waals surface area contributed by atoms with Crippen molar-refractivity contribution in [3.63, 3.8) is 0 Å². The average molecular weight is 328 g/mol. The van der Waals surface area contributed by atoms with Crippen LogP contribution in [-0.2, 0) is 0 Å². The number of alkyl halides is 1. The molecule has 2 aliphatic heterocycles. The number of anilines is 2. The molecule has 1 aromatic carbocycles. The Bertz CT molecular complexity index is 739. The van der Waals surface area contributed by atoms with Gasteiger partial charge in [-0.25, -0.2) is 4.39 Å². The molecule has 4 nitrogen and oxygen atoms in total. The molecule has 3 aliphatic rings. The molecular formula is C19H25FN4. The lowest BCUT2D eigenvalue weighted by Crippen LogP contribution is -2.59. The van der Waals surface area contributed by atoms with Crippen LogP contribution in [0.15, 0.2) is 47.7 Å². The highest BCUT2D eigenvalue weighted by molar-refractivity contribution is 5.68. The van der Waals surface area contributed by atoms with Crippen LogP contribution in [0, 0.1) is 5.41 Å². The molecular weight excluding hydrogens is 303 g/mol. The summed E-state index contributed by atoms with van der Waals surface area (Å²) in [5.41, 5.74) is 14.4. The molecule has 1 saturated heterocycles. The van der Waals surface area contributed by atoms with Crippen molar-refractivity contribution in [1.29, 1.82) is 0 Å². The van der Waals surface area contributed by atoms with Crippen molar-refractivity contribution in [3.05, 3.63) is 47.7 Å². The van der Waals surface area contributed by atoms with E-state index in [2.05, 4.69) is 22.8 Å². The Hall–Kier alpha value is -2.01. The van der Waals surface area contributed by atoms with Crippen LogP contribution in [0.4, 0.5) is 15.8 Å². The summed E-state index contributed by atoms with van der Waals surface area (Å²) in [6, 6.07) is 7.73. The number of hydrogen-bond acceptors (Lipinski definition) is 4. The van der Waals surface area contributed by atoms with Crippen LogP contribution in [0.5, 0.6) is 0 Å². The van der Waals surface area contributed by atoms with Gasteiger partial charge >= 0.3 is 0 Å². The largest absolute Gasteiger partial charge is 0.397 e. The van der Waals surface area contributed by atoms with Gasteiger partial charge in [0.05, 0.1) is 18.0 Å². The Balaban J connectivity index is 1.80. The smallest absolute Gasteiger partial charge is 0.150 e. The highest BCUT2D eigenvalue weighted by Gasteiger charge is 2.49. The highest BCUT2D eigenvalue weighted by Crippen LogP contribution is 2.49. The molecule has 0 bridgehead atoms. The molecule has 128 valence electrons. The summed E-state index contributed by atoms with van der Waals surface area (Å²) in [6.07, 6.45) is 4.48. The van der Waals surface area contributed by atoms with Crippen molar-refractivity contribution in [2.75, 3.05) is 30.4 Å². The molecule has 3 atom stereocenters. The van der Waals surface area contributed by atoms with Crippen molar-refractivity contribution in [2.45, 2.75) is 32.0 Å². The minimum absolute atomic E-state index is 0.205. The third-order valence-corrected chi connectivity index (χ3v) is 5.62. The summed E-state index contributed by atoms with van der Waals surface area (Å²) < 4.78 is 15.1. The molecule has 0 saturated carbocycles. The number of hydrogen-bond donors (Lipinski definition) is 2. The van der Waals surface area contributed by atoms with Gasteiger partial charge in [0, 0.05) is 35.8 Å². The van der Waals surface area contributed by atoms with Crippen LogP contribution in [-0.4, -0.2) is 36.4 Å². The van der Waals surface area contributed by atoms with Gasteiger partial charge in [0.1, 0.15) is 0 Å². The predicted octanol–water partition coefficient (Wildman–Crippen LogP) is 2.64. The lowest BCUT2D eigenvalue weighted by Gasteiger charge is -2.55. The molecule has 1 aromatic rings. The Morgan fingerprint density at radius 1 is 1.17 bits per heavy atom. The molecule has 0 aromatic heterocycles. The number of nitrogen functional groups attached to an aromatic ring is 1. The van der Waals surface area contributed by atoms with E-state index in [9.17, 15) is 0 Å². The van der Waals surface area contributed by atoms with Gasteiger partial charge in [-0.15, -0.1) is 0 Å². The maximum absolute atomic E-state index is 15.1. The third-order valence-electron chi connectivity index (χ3n) is 5.62. The van der Waals surface area contributed by atoms with Crippen molar-refractivity contribution < 1.29 is 4.39 Å². The van der Waals surface area contributed by atoms with Crippen LogP contribution < -0.4 is 16.4 Å². The van der Waals surface area contributed by atoms with E-state index in [1.165, 1.54) is 0 Å². The van der Waals surface area contributed by atoms with E-state index >= 15 is 4.39 Å². The zero-order chi connectivity index (χ0) is 17.1. The van der Waals surface area contributed by atoms with Gasteiger partial charge in [-0.2, -0.15) is 0 Å². The van der Waals surface area contributed by atoms with Gasteiger partial charge in [-0.3, -0.25) is 0 Å². The van der Waals surface area contributed by atoms with Gasteiger partial charge < -0.3 is 21.3 Å². The van der Waals surface area contributed by atoms with Gasteiger partial charge in [0.2, 0.25) is 0 Å². The van der Waals surface area contributed by atoms with Gasteiger partial charge in [-0.1, -0.05) is 18.2 Å². The Labute approximate surface area is 142 Å². The average Bonchev–Trinajstić information content (AvgIpc) is 2.53. The first-order valence-corrected chi connectivity index (χ1v) is 8.56. The Morgan fingerprint density at radius 3 is 2.67 bits per heavy atom. The molecule has 3 unspecified atom stereocenters. The van der Waals surface area contributed by atoms with E-state index in [0.29, 0.717) is 0 Å². The van der Waals surface area contributed by atoms with Crippen LogP contribution in [0.25, 0.3) is 0 Å². The molecule has 0 amide bonds. The van der Waals surface area contributed by atoms with E-state index in [1.54, 1.807) is 13.0 Å². The molecule has 24 heavy (non-hydrogen) atoms. The summed E-state index contributed by atoms with van der Waals surface area (Å²) in [4.78, 5) is 4.58. The van der Waals surface area contributed by atoms with E-state index < -0.39 is 5.67 Å². The van der Waals surface area contributed by atoms with E-state index in [1.807, 2.05) is 24.3 Å². The second-order valence-corrected chi connectivity index (χ2v) is 7.65. The number of para-hydroxylation sites is 2. The molecule has 4 N–H and O–H groups in total. The number of rotatable bonds is 1. The van der Waals surface area contributed by atoms with Crippen LogP contribution in [0.1, 0.15) is 20.3 Å². The molecule has 1 aliphatic carbocycles. The monoisotopic (exact) mass is 328 g/mol. The number of halogens is 1. The molecule has 4 rings (SSSR count). The first-order valence-electron chi connectivity index (χ1n) is 8.56. The van der Waals surface area contributed by atoms with Gasteiger partial charge in [0.15, 0.2) is 5.67 Å². The summed E-state index contributed by atoms with van der Waals surface area (Å²) in [5, 5.41) is 0. The molecule has 5 heteroatoms. The number of benzene rings is 1. The fourth-order valence-electron chi connectivity index (χ4n) is 4.53. The van der Waals surface area contributed by atoms with Crippen molar-refractivity contribution in [2.24, 2.45) is 11.1 Å². The van der Waals surface area contributed by atoms with Crippen molar-refractivity contribution in [1.82, 2.24) is 4.90 Å². The summed E-state index contributed by atoms with van der Waals surface area (Å²) in [5.74, 6) is 0. The summed E-state index contributed by atoms with van der Waals surface area (Å²) in [6.45, 7) is 6.14. The predicted molar refractivity (Wildman–Crippen MR) is 96.2 cm³/mol. The standard InChI is InChI=1S/C19H25FN4/c1-18-8-9-19(2,20)16-14(22)7-10-23(17(16)18)12-24(11-18)15-6-4-3-5-13(15)21/h3-6,8-9,14H,7,10-12,21-22H2,1-2H3. The van der Waals surface area contributed by atoms with Crippen LogP contribution >= 0.6 is 0 Å². The zero-order valence-electron chi connectivity index (χ0n) is 14.3. The van der Waals surface area contributed by atoms with Crippen molar-refractivity contribution in [3.8, 4) is 0 Å². The number of allylic oxidation sites excluding steroid dienone is 1. The maximum atomic E-state index is 15.1. The van der Waals surface area contributed by atoms with Crippen molar-refractivity contribution >= 4 is 11.4 Å². The quantitative estimate of drug-likeness (QED) is 0.615. The lowest BCUT2D eigenvalue weighted by molar-refractivity contribution is 0.163. The fourth-order valence-corrected chi connectivity index (χ4v) is 4.53. The molecule has 0 radical (unpaired) electrons. The first kappa shape index (κ1) is 15.5. The number of nitrogens with two attached hydrogens (primary N) is 2. The van der Waals surface area contributed by atoms with E-state index in [4.69, 9.17) is 11.5 Å². The number of nitrogens with zero attached hydrogens (tertiary/aromatic N) is 2. The Kier molecular flexibility index (Phi) is 3.23. The first-order chi connectivity index (χ1) is 11.3. The third kappa shape index (κ3) is 2.14. The normalized spacial score (nSPS) is 35.2. The summed E-state index contributed by atoms with van der Waals surface area (Å²) >= 11 is 0. The Morgan fingerprint density at radius 2 is 1.92 bits per heavy atom. The minimum Gasteiger partial charge on any atom is -0.397 e. The van der Waals surface area contributed by atoms with Gasteiger partial charge in [0.25, 0.3) is 0 Å². The topological polar surface area (TPSA) is 58.5 Å². The van der Waals surface area contributed by atoms with E-state index in [-0.39, 0.29) is 11.5 Å². The fraction of sp³-hybridized carbons (Fsp3) is 0.474. The highest BCUT2D eigenvalue weighted by atomic mass is 19.1. The van der Waals surface area contributed by atoms with Crippen LogP contribution in [0.2, 0.25) is 0 Å². The van der Waals surface area contributed by atoms with Crippen LogP contribution in [0.3, 0.4) is 0 Å².